The first-order valence-corrected chi connectivity index (χ1v) is 9.12. The largest absolute Gasteiger partial charge is 0.481 e. The second-order valence-electron chi connectivity index (χ2n) is 5.56. The van der Waals surface area contributed by atoms with Crippen LogP contribution in [0.1, 0.15) is 11.1 Å². The number of alkyl halides is 1. The number of halogens is 2. The first kappa shape index (κ1) is 17.7. The molecular formula is C19H14BrClO4. The first-order valence-electron chi connectivity index (χ1n) is 7.62. The molecule has 0 spiro atoms. The van der Waals surface area contributed by atoms with Crippen molar-refractivity contribution in [2.75, 3.05) is 5.33 Å². The van der Waals surface area contributed by atoms with E-state index in [-0.39, 0.29) is 5.56 Å². The van der Waals surface area contributed by atoms with Gasteiger partial charge in [0.1, 0.15) is 5.58 Å². The average molecular weight is 422 g/mol. The molecule has 2 aromatic carbocycles. The molecule has 0 bridgehead atoms. The Morgan fingerprint density at radius 2 is 1.92 bits per heavy atom. The summed E-state index contributed by atoms with van der Waals surface area (Å²) in [5.41, 5.74) is 2.08. The molecule has 0 saturated carbocycles. The molecule has 0 atom stereocenters. The van der Waals surface area contributed by atoms with Crippen molar-refractivity contribution >= 4 is 44.5 Å². The zero-order valence-corrected chi connectivity index (χ0v) is 15.4. The zero-order chi connectivity index (χ0) is 18.0. The Morgan fingerprint density at radius 1 is 1.20 bits per heavy atom. The van der Waals surface area contributed by atoms with Crippen LogP contribution >= 0.6 is 27.5 Å². The van der Waals surface area contributed by atoms with Crippen molar-refractivity contribution in [1.82, 2.24) is 0 Å². The minimum atomic E-state index is -1.08. The summed E-state index contributed by atoms with van der Waals surface area (Å²) in [6.07, 6.45) is 0.301. The molecule has 6 heteroatoms. The van der Waals surface area contributed by atoms with Gasteiger partial charge >= 0.3 is 11.6 Å². The predicted octanol–water partition coefficient (Wildman–Crippen LogP) is 4.68. The van der Waals surface area contributed by atoms with E-state index in [4.69, 9.17) is 16.0 Å². The summed E-state index contributed by atoms with van der Waals surface area (Å²) < 4.78 is 5.35. The smallest absolute Gasteiger partial charge is 0.340 e. The number of aryl methyl sites for hydroxylation is 1. The molecule has 0 aliphatic rings. The molecule has 4 nitrogen and oxygen atoms in total. The van der Waals surface area contributed by atoms with Gasteiger partial charge in [-0.2, -0.15) is 0 Å². The van der Waals surface area contributed by atoms with E-state index in [2.05, 4.69) is 15.9 Å². The Bertz CT molecular complexity index is 996. The number of aliphatic carboxylic acids is 1. The molecule has 0 aliphatic heterocycles. The van der Waals surface area contributed by atoms with E-state index in [1.165, 1.54) is 0 Å². The minimum Gasteiger partial charge on any atom is -0.481 e. The molecule has 0 radical (unpaired) electrons. The highest BCUT2D eigenvalue weighted by Crippen LogP contribution is 2.34. The Labute approximate surface area is 157 Å². The van der Waals surface area contributed by atoms with Crippen molar-refractivity contribution in [1.29, 1.82) is 0 Å². The molecule has 1 aromatic heterocycles. The number of hydrogen-bond acceptors (Lipinski definition) is 3. The summed E-state index contributed by atoms with van der Waals surface area (Å²) in [6.45, 7) is 0. The third-order valence-electron chi connectivity index (χ3n) is 3.92. The Kier molecular flexibility index (Phi) is 5.25. The molecule has 3 aromatic rings. The van der Waals surface area contributed by atoms with Crippen LogP contribution < -0.4 is 5.63 Å². The van der Waals surface area contributed by atoms with Crippen LogP contribution in [-0.4, -0.2) is 16.4 Å². The third-order valence-corrected chi connectivity index (χ3v) is 4.67. The van der Waals surface area contributed by atoms with Crippen molar-refractivity contribution < 1.29 is 14.3 Å². The first-order chi connectivity index (χ1) is 12.0. The number of hydrogen-bond donors (Lipinski definition) is 1. The van der Waals surface area contributed by atoms with E-state index in [9.17, 15) is 14.7 Å². The molecule has 1 N–H and O–H groups in total. The van der Waals surface area contributed by atoms with E-state index < -0.39 is 18.0 Å². The fourth-order valence-corrected chi connectivity index (χ4v) is 3.52. The maximum atomic E-state index is 12.4. The van der Waals surface area contributed by atoms with Crippen LogP contribution in [0.25, 0.3) is 22.1 Å². The lowest BCUT2D eigenvalue weighted by Gasteiger charge is -2.13. The number of fused-ring (bicyclic) bond motifs is 1. The summed E-state index contributed by atoms with van der Waals surface area (Å²) in [4.78, 5) is 23.7. The number of carboxylic acids is 1. The maximum Gasteiger partial charge on any atom is 0.340 e. The van der Waals surface area contributed by atoms with Gasteiger partial charge in [-0.25, -0.2) is 4.79 Å². The quantitative estimate of drug-likeness (QED) is 0.480. The van der Waals surface area contributed by atoms with E-state index in [0.29, 0.717) is 28.0 Å². The van der Waals surface area contributed by atoms with Gasteiger partial charge in [0.05, 0.1) is 12.0 Å². The van der Waals surface area contributed by atoms with Gasteiger partial charge in [0.25, 0.3) is 0 Å². The maximum absolute atomic E-state index is 12.4. The second-order valence-corrected chi connectivity index (χ2v) is 6.76. The minimum absolute atomic E-state index is 0.137. The lowest BCUT2D eigenvalue weighted by molar-refractivity contribution is -0.136. The number of carboxylic acid groups (broad SMARTS) is 1. The van der Waals surface area contributed by atoms with Gasteiger partial charge in [0.15, 0.2) is 0 Å². The normalized spacial score (nSPS) is 11.0. The van der Waals surface area contributed by atoms with Crippen LogP contribution in [0.5, 0.6) is 0 Å². The van der Waals surface area contributed by atoms with Crippen molar-refractivity contribution in [3.8, 4) is 11.1 Å². The average Bonchev–Trinajstić information content (AvgIpc) is 2.57. The van der Waals surface area contributed by atoms with E-state index in [0.717, 1.165) is 16.5 Å². The molecule has 128 valence electrons. The second kappa shape index (κ2) is 7.42. The summed E-state index contributed by atoms with van der Waals surface area (Å²) in [5.74, 6) is -1.08. The lowest BCUT2D eigenvalue weighted by atomic mass is 9.94. The summed E-state index contributed by atoms with van der Waals surface area (Å²) in [7, 11) is 0. The van der Waals surface area contributed by atoms with Gasteiger partial charge in [0.2, 0.25) is 0 Å². The van der Waals surface area contributed by atoms with Gasteiger partial charge in [-0.15, -0.1) is 0 Å². The van der Waals surface area contributed by atoms with Crippen LogP contribution in [0, 0.1) is 0 Å². The SMILES string of the molecule is O=C(O)Cc1c(-c2ccccc2)c2cc(CCBr)c(Cl)cc2oc1=O. The molecule has 0 saturated heterocycles. The van der Waals surface area contributed by atoms with E-state index >= 15 is 0 Å². The van der Waals surface area contributed by atoms with Crippen LogP contribution in [0.3, 0.4) is 0 Å². The highest BCUT2D eigenvalue weighted by molar-refractivity contribution is 9.09. The van der Waals surface area contributed by atoms with Crippen molar-refractivity contribution in [3.05, 3.63) is 69.0 Å². The Morgan fingerprint density at radius 3 is 2.56 bits per heavy atom. The molecule has 1 heterocycles. The zero-order valence-electron chi connectivity index (χ0n) is 13.1. The van der Waals surface area contributed by atoms with Crippen molar-refractivity contribution in [2.24, 2.45) is 0 Å². The summed E-state index contributed by atoms with van der Waals surface area (Å²) >= 11 is 9.68. The highest BCUT2D eigenvalue weighted by atomic mass is 79.9. The van der Waals surface area contributed by atoms with Gasteiger partial charge < -0.3 is 9.52 Å². The van der Waals surface area contributed by atoms with Gasteiger partial charge in [-0.05, 0) is 23.6 Å². The molecule has 0 amide bonds. The molecule has 0 aliphatic carbocycles. The molecule has 0 fully saturated rings. The fraction of sp³-hybridized carbons (Fsp3) is 0.158. The summed E-state index contributed by atoms with van der Waals surface area (Å²) in [5, 5.41) is 11.1. The Hall–Kier alpha value is -2.11. The molecule has 0 unspecified atom stereocenters. The van der Waals surface area contributed by atoms with E-state index in [1.807, 2.05) is 36.4 Å². The number of carbonyl (C=O) groups is 1. The van der Waals surface area contributed by atoms with Crippen LogP contribution in [0.15, 0.2) is 51.7 Å². The van der Waals surface area contributed by atoms with Gasteiger partial charge in [-0.3, -0.25) is 4.79 Å². The monoisotopic (exact) mass is 420 g/mol. The number of rotatable bonds is 5. The number of benzene rings is 2. The highest BCUT2D eigenvalue weighted by Gasteiger charge is 2.19. The topological polar surface area (TPSA) is 67.5 Å². The van der Waals surface area contributed by atoms with Gasteiger partial charge in [0, 0.05) is 27.4 Å². The van der Waals surface area contributed by atoms with Crippen LogP contribution in [0.2, 0.25) is 5.02 Å². The fourth-order valence-electron chi connectivity index (χ4n) is 2.85. The molecule has 3 rings (SSSR count). The summed E-state index contributed by atoms with van der Waals surface area (Å²) in [6, 6.07) is 12.7. The van der Waals surface area contributed by atoms with Gasteiger partial charge in [-0.1, -0.05) is 57.9 Å². The molecule has 25 heavy (non-hydrogen) atoms. The lowest BCUT2D eigenvalue weighted by Crippen LogP contribution is -2.15. The predicted molar refractivity (Wildman–Crippen MR) is 102 cm³/mol. The van der Waals surface area contributed by atoms with E-state index in [1.54, 1.807) is 6.07 Å². The van der Waals surface area contributed by atoms with Crippen LogP contribution in [-0.2, 0) is 17.6 Å². The standard InChI is InChI=1S/C19H14BrClO4/c20-7-6-12-8-13-16(10-15(12)21)25-19(24)14(9-17(22)23)18(13)11-4-2-1-3-5-11/h1-5,8,10H,6-7,9H2,(H,22,23). The van der Waals surface area contributed by atoms with Crippen LogP contribution in [0.4, 0.5) is 0 Å². The van der Waals surface area contributed by atoms with Crippen molar-refractivity contribution in [2.45, 2.75) is 12.8 Å². The van der Waals surface area contributed by atoms with Crippen molar-refractivity contribution in [3.63, 3.8) is 0 Å². The Balaban J connectivity index is 2.41. The molecular weight excluding hydrogens is 408 g/mol. The third kappa shape index (κ3) is 3.62.